The first kappa shape index (κ1) is 18.1. The molecule has 0 radical (unpaired) electrons. The van der Waals surface area contributed by atoms with Crippen LogP contribution in [-0.2, 0) is 4.74 Å². The molecule has 0 saturated carbocycles. The quantitative estimate of drug-likeness (QED) is 0.532. The van der Waals surface area contributed by atoms with Gasteiger partial charge in [-0.15, -0.1) is 0 Å². The standard InChI is InChI=1S/C18H19ClN4O4/c1-18(26)13(25)17(23-6-5-11-15(20)21-8-22-16(11)23)27-14(18)12(24)9-3-2-4-10(19)7-9/h2-8,12-14,17,24-26H,1H3,(H2,20,21,22)/t12?,13-,14+,17+,18-/m0/s1. The van der Waals surface area contributed by atoms with E-state index in [-0.39, 0.29) is 0 Å². The van der Waals surface area contributed by atoms with Crippen molar-refractivity contribution < 1.29 is 20.1 Å². The Morgan fingerprint density at radius 1 is 1.33 bits per heavy atom. The summed E-state index contributed by atoms with van der Waals surface area (Å²) >= 11 is 5.99. The normalized spacial score (nSPS) is 29.3. The summed E-state index contributed by atoms with van der Waals surface area (Å²) in [6.07, 6.45) is -1.61. The fraction of sp³-hybridized carbons (Fsp3) is 0.333. The second kappa shape index (κ2) is 6.43. The molecule has 4 rings (SSSR count). The number of fused-ring (bicyclic) bond motifs is 1. The van der Waals surface area contributed by atoms with Crippen LogP contribution in [0.25, 0.3) is 11.0 Å². The Morgan fingerprint density at radius 3 is 2.85 bits per heavy atom. The van der Waals surface area contributed by atoms with Gasteiger partial charge in [-0.25, -0.2) is 9.97 Å². The molecule has 2 aromatic heterocycles. The van der Waals surface area contributed by atoms with E-state index in [1.807, 2.05) is 0 Å². The topological polar surface area (TPSA) is 127 Å². The molecule has 5 N–H and O–H groups in total. The van der Waals surface area contributed by atoms with E-state index < -0.39 is 30.1 Å². The maximum atomic E-state index is 10.9. The van der Waals surface area contributed by atoms with Gasteiger partial charge in [0.1, 0.15) is 41.7 Å². The van der Waals surface area contributed by atoms with Crippen molar-refractivity contribution in [1.29, 1.82) is 0 Å². The highest BCUT2D eigenvalue weighted by molar-refractivity contribution is 6.30. The zero-order valence-electron chi connectivity index (χ0n) is 14.4. The summed E-state index contributed by atoms with van der Waals surface area (Å²) in [5.74, 6) is 0.300. The van der Waals surface area contributed by atoms with Gasteiger partial charge in [0, 0.05) is 11.2 Å². The Morgan fingerprint density at radius 2 is 2.11 bits per heavy atom. The summed E-state index contributed by atoms with van der Waals surface area (Å²) in [6, 6.07) is 8.34. The molecule has 0 amide bonds. The Labute approximate surface area is 159 Å². The molecule has 1 unspecified atom stereocenters. The fourth-order valence-corrected chi connectivity index (χ4v) is 3.69. The number of halogens is 1. The van der Waals surface area contributed by atoms with E-state index in [0.29, 0.717) is 27.4 Å². The average molecular weight is 391 g/mol. The van der Waals surface area contributed by atoms with E-state index in [4.69, 9.17) is 22.1 Å². The third-order valence-electron chi connectivity index (χ3n) is 5.02. The SMILES string of the molecule is C[C@@]1(O)[C@@H](C(O)c2cccc(Cl)c2)O[C@@H](n2ccc3c(N)ncnc32)[C@@H]1O. The number of hydrogen-bond donors (Lipinski definition) is 4. The lowest BCUT2D eigenvalue weighted by Crippen LogP contribution is -2.47. The van der Waals surface area contributed by atoms with Crippen molar-refractivity contribution in [3.05, 3.63) is 53.4 Å². The van der Waals surface area contributed by atoms with Crippen LogP contribution in [0, 0.1) is 0 Å². The highest BCUT2D eigenvalue weighted by Crippen LogP contribution is 2.43. The minimum absolute atomic E-state index is 0.300. The minimum atomic E-state index is -1.72. The Balaban J connectivity index is 1.71. The molecule has 8 nitrogen and oxygen atoms in total. The molecule has 1 aliphatic heterocycles. The number of nitrogens with zero attached hydrogens (tertiary/aromatic N) is 3. The second-order valence-corrected chi connectivity index (χ2v) is 7.27. The Bertz CT molecular complexity index is 992. The lowest BCUT2D eigenvalue weighted by atomic mass is 9.88. The zero-order chi connectivity index (χ0) is 19.3. The van der Waals surface area contributed by atoms with Gasteiger partial charge in [-0.1, -0.05) is 23.7 Å². The summed E-state index contributed by atoms with van der Waals surface area (Å²) in [4.78, 5) is 8.12. The molecule has 9 heteroatoms. The molecule has 0 spiro atoms. The van der Waals surface area contributed by atoms with Crippen molar-refractivity contribution in [2.24, 2.45) is 0 Å². The third-order valence-corrected chi connectivity index (χ3v) is 5.26. The zero-order valence-corrected chi connectivity index (χ0v) is 15.2. The number of ether oxygens (including phenoxy) is 1. The van der Waals surface area contributed by atoms with Gasteiger partial charge in [0.2, 0.25) is 0 Å². The maximum Gasteiger partial charge on any atom is 0.164 e. The van der Waals surface area contributed by atoms with Crippen LogP contribution in [0.2, 0.25) is 5.02 Å². The number of anilines is 1. The molecule has 5 atom stereocenters. The number of aliphatic hydroxyl groups excluding tert-OH is 2. The minimum Gasteiger partial charge on any atom is -0.386 e. The van der Waals surface area contributed by atoms with Gasteiger partial charge in [0.15, 0.2) is 6.23 Å². The number of hydrogen-bond acceptors (Lipinski definition) is 7. The van der Waals surface area contributed by atoms with Gasteiger partial charge in [0.05, 0.1) is 5.39 Å². The van der Waals surface area contributed by atoms with Gasteiger partial charge in [-0.05, 0) is 30.7 Å². The molecular weight excluding hydrogens is 372 g/mol. The molecule has 1 aliphatic rings. The first-order chi connectivity index (χ1) is 12.8. The van der Waals surface area contributed by atoms with E-state index in [9.17, 15) is 15.3 Å². The second-order valence-electron chi connectivity index (χ2n) is 6.84. The highest BCUT2D eigenvalue weighted by Gasteiger charge is 2.55. The highest BCUT2D eigenvalue weighted by atomic mass is 35.5. The molecule has 27 heavy (non-hydrogen) atoms. The predicted octanol–water partition coefficient (Wildman–Crippen LogP) is 1.41. The molecule has 0 aliphatic carbocycles. The van der Waals surface area contributed by atoms with Crippen molar-refractivity contribution in [2.75, 3.05) is 5.73 Å². The molecular formula is C18H19ClN4O4. The van der Waals surface area contributed by atoms with Crippen LogP contribution in [0.15, 0.2) is 42.9 Å². The third kappa shape index (κ3) is 2.86. The van der Waals surface area contributed by atoms with Crippen molar-refractivity contribution in [3.8, 4) is 0 Å². The summed E-state index contributed by atoms with van der Waals surface area (Å²) in [5, 5.41) is 33.4. The average Bonchev–Trinajstić information content (AvgIpc) is 3.15. The Kier molecular flexibility index (Phi) is 4.32. The van der Waals surface area contributed by atoms with Gasteiger partial charge >= 0.3 is 0 Å². The number of benzene rings is 1. The molecule has 0 bridgehead atoms. The number of nitrogens with two attached hydrogens (primary N) is 1. The van der Waals surface area contributed by atoms with Crippen LogP contribution in [0.4, 0.5) is 5.82 Å². The Hall–Kier alpha value is -2.23. The van der Waals surface area contributed by atoms with E-state index >= 15 is 0 Å². The molecule has 1 aromatic carbocycles. The number of aliphatic hydroxyl groups is 3. The molecule has 3 aromatic rings. The largest absolute Gasteiger partial charge is 0.386 e. The van der Waals surface area contributed by atoms with Crippen molar-refractivity contribution >= 4 is 28.5 Å². The van der Waals surface area contributed by atoms with Crippen LogP contribution in [0.5, 0.6) is 0 Å². The number of aromatic nitrogens is 3. The first-order valence-corrected chi connectivity index (χ1v) is 8.75. The predicted molar refractivity (Wildman–Crippen MR) is 98.9 cm³/mol. The van der Waals surface area contributed by atoms with Crippen LogP contribution >= 0.6 is 11.6 Å². The van der Waals surface area contributed by atoms with Gasteiger partial charge in [0.25, 0.3) is 0 Å². The summed E-state index contributed by atoms with van der Waals surface area (Å²) in [7, 11) is 0. The molecule has 142 valence electrons. The van der Waals surface area contributed by atoms with Crippen LogP contribution < -0.4 is 5.73 Å². The molecule has 3 heterocycles. The van der Waals surface area contributed by atoms with Crippen molar-refractivity contribution in [1.82, 2.24) is 14.5 Å². The van der Waals surface area contributed by atoms with Crippen molar-refractivity contribution in [3.63, 3.8) is 0 Å². The number of nitrogen functional groups attached to an aromatic ring is 1. The number of rotatable bonds is 3. The molecule has 1 fully saturated rings. The van der Waals surface area contributed by atoms with Gasteiger partial charge < -0.3 is 30.4 Å². The van der Waals surface area contributed by atoms with Crippen LogP contribution in [-0.4, -0.2) is 47.7 Å². The van der Waals surface area contributed by atoms with Crippen LogP contribution in [0.1, 0.15) is 24.8 Å². The van der Waals surface area contributed by atoms with E-state index in [0.717, 1.165) is 0 Å². The van der Waals surface area contributed by atoms with Gasteiger partial charge in [-0.2, -0.15) is 0 Å². The van der Waals surface area contributed by atoms with Crippen LogP contribution in [0.3, 0.4) is 0 Å². The lowest BCUT2D eigenvalue weighted by molar-refractivity contribution is -0.115. The van der Waals surface area contributed by atoms with Crippen molar-refractivity contribution in [2.45, 2.75) is 37.1 Å². The maximum absolute atomic E-state index is 10.9. The first-order valence-electron chi connectivity index (χ1n) is 8.37. The molecule has 1 saturated heterocycles. The summed E-state index contributed by atoms with van der Waals surface area (Å²) in [6.45, 7) is 1.42. The fourth-order valence-electron chi connectivity index (χ4n) is 3.49. The summed E-state index contributed by atoms with van der Waals surface area (Å²) in [5.41, 5.74) is 5.07. The van der Waals surface area contributed by atoms with E-state index in [1.54, 1.807) is 41.1 Å². The van der Waals surface area contributed by atoms with Gasteiger partial charge in [-0.3, -0.25) is 0 Å². The summed E-state index contributed by atoms with van der Waals surface area (Å²) < 4.78 is 7.47. The lowest BCUT2D eigenvalue weighted by Gasteiger charge is -2.29. The van der Waals surface area contributed by atoms with E-state index in [2.05, 4.69) is 9.97 Å². The smallest absolute Gasteiger partial charge is 0.164 e. The van der Waals surface area contributed by atoms with E-state index in [1.165, 1.54) is 13.3 Å². The monoisotopic (exact) mass is 390 g/mol.